The lowest BCUT2D eigenvalue weighted by Gasteiger charge is -2.19. The molecule has 0 aliphatic heterocycles. The summed E-state index contributed by atoms with van der Waals surface area (Å²) in [6.07, 6.45) is -7.91. The summed E-state index contributed by atoms with van der Waals surface area (Å²) in [5.74, 6) is -0.688. The number of nitrogens with one attached hydrogen (secondary N) is 2. The fourth-order valence-corrected chi connectivity index (χ4v) is 3.35. The number of hydrogen-bond donors (Lipinski definition) is 3. The molecule has 192 valence electrons. The molecule has 36 heavy (non-hydrogen) atoms. The van der Waals surface area contributed by atoms with Crippen LogP contribution in [0, 0.1) is 0 Å². The van der Waals surface area contributed by atoms with Crippen LogP contribution in [-0.2, 0) is 6.18 Å². The lowest BCUT2D eigenvalue weighted by atomic mass is 10.0. The highest BCUT2D eigenvalue weighted by molar-refractivity contribution is 5.94. The monoisotopic (exact) mass is 512 g/mol. The number of rotatable bonds is 6. The van der Waals surface area contributed by atoms with E-state index in [1.54, 1.807) is 0 Å². The number of alkyl halides is 6. The van der Waals surface area contributed by atoms with E-state index in [0.717, 1.165) is 29.7 Å². The number of halogens is 6. The summed E-state index contributed by atoms with van der Waals surface area (Å²) in [7, 11) is 0. The molecule has 2 aromatic carbocycles. The third-order valence-electron chi connectivity index (χ3n) is 5.32. The molecular formula is C24H22F6N4O2. The molecule has 0 saturated heterocycles. The SMILES string of the molecule is C[C@@H](NC(=O)c1ccc(=O)n(-c2cccc(N[C@H](C)C(F)(F)F)c2)c1)c1cc(N)cc(C(F)(F)F)c1. The summed E-state index contributed by atoms with van der Waals surface area (Å²) in [4.78, 5) is 25.2. The molecule has 12 heteroatoms. The smallest absolute Gasteiger partial charge is 0.399 e. The third kappa shape index (κ3) is 6.37. The number of nitrogens with zero attached hydrogens (tertiary/aromatic N) is 1. The molecule has 1 amide bonds. The van der Waals surface area contributed by atoms with Gasteiger partial charge in [0.1, 0.15) is 6.04 Å². The van der Waals surface area contributed by atoms with Crippen molar-refractivity contribution in [1.29, 1.82) is 0 Å². The van der Waals surface area contributed by atoms with Crippen LogP contribution in [0.4, 0.5) is 37.7 Å². The van der Waals surface area contributed by atoms with Gasteiger partial charge in [-0.2, -0.15) is 26.3 Å². The average molecular weight is 512 g/mol. The van der Waals surface area contributed by atoms with E-state index in [0.29, 0.717) is 0 Å². The van der Waals surface area contributed by atoms with Crippen molar-refractivity contribution >= 4 is 17.3 Å². The van der Waals surface area contributed by atoms with E-state index < -0.39 is 41.5 Å². The quantitative estimate of drug-likeness (QED) is 0.309. The summed E-state index contributed by atoms with van der Waals surface area (Å²) >= 11 is 0. The number of hydrogen-bond acceptors (Lipinski definition) is 4. The van der Waals surface area contributed by atoms with E-state index >= 15 is 0 Å². The van der Waals surface area contributed by atoms with Gasteiger partial charge in [-0.25, -0.2) is 0 Å². The van der Waals surface area contributed by atoms with Gasteiger partial charge in [-0.05, 0) is 61.9 Å². The van der Waals surface area contributed by atoms with Crippen molar-refractivity contribution < 1.29 is 31.1 Å². The lowest BCUT2D eigenvalue weighted by molar-refractivity contribution is -0.139. The minimum Gasteiger partial charge on any atom is -0.399 e. The van der Waals surface area contributed by atoms with Crippen molar-refractivity contribution in [2.24, 2.45) is 0 Å². The maximum absolute atomic E-state index is 13.1. The maximum Gasteiger partial charge on any atom is 0.416 e. The van der Waals surface area contributed by atoms with Gasteiger partial charge in [-0.3, -0.25) is 14.2 Å². The molecule has 1 heterocycles. The number of benzene rings is 2. The van der Waals surface area contributed by atoms with Crippen LogP contribution in [0.5, 0.6) is 0 Å². The van der Waals surface area contributed by atoms with Crippen molar-refractivity contribution in [1.82, 2.24) is 9.88 Å². The first-order chi connectivity index (χ1) is 16.6. The van der Waals surface area contributed by atoms with E-state index in [-0.39, 0.29) is 28.2 Å². The Labute approximate surface area is 201 Å². The summed E-state index contributed by atoms with van der Waals surface area (Å²) in [6, 6.07) is 8.23. The summed E-state index contributed by atoms with van der Waals surface area (Å²) in [6.45, 7) is 2.42. The zero-order valence-electron chi connectivity index (χ0n) is 19.0. The first kappa shape index (κ1) is 26.6. The Kier molecular flexibility index (Phi) is 7.37. The van der Waals surface area contributed by atoms with Crippen molar-refractivity contribution in [2.75, 3.05) is 11.1 Å². The zero-order valence-corrected chi connectivity index (χ0v) is 19.0. The molecule has 3 rings (SSSR count). The average Bonchev–Trinajstić information content (AvgIpc) is 2.77. The summed E-state index contributed by atoms with van der Waals surface area (Å²) < 4.78 is 79.0. The molecule has 0 bridgehead atoms. The molecule has 6 nitrogen and oxygen atoms in total. The second-order valence-corrected chi connectivity index (χ2v) is 8.17. The molecule has 0 aliphatic carbocycles. The standard InChI is InChI=1S/C24H22F6N4O2/c1-13(16-8-17(24(28,29)30)10-18(31)9-16)32-22(36)15-6-7-21(35)34(12-15)20-5-3-4-19(11-20)33-14(2)23(25,26)27/h3-14,33H,31H2,1-2H3,(H,32,36)/t13-,14-/m1/s1. The molecule has 0 fully saturated rings. The Morgan fingerprint density at radius 2 is 1.67 bits per heavy atom. The predicted molar refractivity (Wildman–Crippen MR) is 123 cm³/mol. The van der Waals surface area contributed by atoms with Crippen LogP contribution in [0.2, 0.25) is 0 Å². The Hall–Kier alpha value is -3.96. The number of carbonyl (C=O) groups is 1. The minimum atomic E-state index is -4.62. The van der Waals surface area contributed by atoms with Gasteiger partial charge in [0, 0.05) is 23.6 Å². The minimum absolute atomic E-state index is 0.00317. The van der Waals surface area contributed by atoms with Gasteiger partial charge in [0.15, 0.2) is 0 Å². The van der Waals surface area contributed by atoms with Gasteiger partial charge in [-0.15, -0.1) is 0 Å². The van der Waals surface area contributed by atoms with E-state index in [2.05, 4.69) is 10.6 Å². The first-order valence-corrected chi connectivity index (χ1v) is 10.6. The number of anilines is 2. The number of nitrogens with two attached hydrogens (primary N) is 1. The number of pyridine rings is 1. The fraction of sp³-hybridized carbons (Fsp3) is 0.250. The normalized spacial score (nSPS) is 13.7. The van der Waals surface area contributed by atoms with Crippen LogP contribution in [0.25, 0.3) is 5.69 Å². The Bertz CT molecular complexity index is 1320. The molecule has 2 atom stereocenters. The van der Waals surface area contributed by atoms with Crippen LogP contribution in [0.15, 0.2) is 65.6 Å². The van der Waals surface area contributed by atoms with E-state index in [4.69, 9.17) is 5.73 Å². The Balaban J connectivity index is 1.85. The van der Waals surface area contributed by atoms with Gasteiger partial charge >= 0.3 is 12.4 Å². The van der Waals surface area contributed by atoms with Gasteiger partial charge in [0.25, 0.3) is 11.5 Å². The largest absolute Gasteiger partial charge is 0.416 e. The number of nitrogen functional groups attached to an aromatic ring is 1. The number of aromatic nitrogens is 1. The van der Waals surface area contributed by atoms with Gasteiger partial charge in [0.05, 0.1) is 22.9 Å². The first-order valence-electron chi connectivity index (χ1n) is 10.6. The van der Waals surface area contributed by atoms with Crippen LogP contribution in [0.3, 0.4) is 0 Å². The molecule has 0 aliphatic rings. The summed E-state index contributed by atoms with van der Waals surface area (Å²) in [5.41, 5.74) is 4.39. The molecule has 3 aromatic rings. The molecule has 0 spiro atoms. The molecule has 1 aromatic heterocycles. The Morgan fingerprint density at radius 3 is 2.31 bits per heavy atom. The summed E-state index contributed by atoms with van der Waals surface area (Å²) in [5, 5.41) is 4.86. The molecule has 0 saturated carbocycles. The molecule has 0 unspecified atom stereocenters. The van der Waals surface area contributed by atoms with Crippen LogP contribution in [-0.4, -0.2) is 22.7 Å². The van der Waals surface area contributed by atoms with Crippen molar-refractivity contribution in [2.45, 2.75) is 38.3 Å². The fourth-order valence-electron chi connectivity index (χ4n) is 3.35. The van der Waals surface area contributed by atoms with Crippen LogP contribution in [0.1, 0.15) is 41.4 Å². The number of carbonyl (C=O) groups excluding carboxylic acids is 1. The molecule has 4 N–H and O–H groups in total. The van der Waals surface area contributed by atoms with Crippen LogP contribution >= 0.6 is 0 Å². The van der Waals surface area contributed by atoms with Gasteiger partial charge in [-0.1, -0.05) is 6.07 Å². The second-order valence-electron chi connectivity index (χ2n) is 8.17. The van der Waals surface area contributed by atoms with E-state index in [9.17, 15) is 35.9 Å². The topological polar surface area (TPSA) is 89.2 Å². The van der Waals surface area contributed by atoms with Gasteiger partial charge < -0.3 is 16.4 Å². The third-order valence-corrected chi connectivity index (χ3v) is 5.32. The highest BCUT2D eigenvalue weighted by Crippen LogP contribution is 2.32. The van der Waals surface area contributed by atoms with Crippen molar-refractivity contribution in [3.05, 3.63) is 87.8 Å². The van der Waals surface area contributed by atoms with Crippen molar-refractivity contribution in [3.8, 4) is 5.69 Å². The van der Waals surface area contributed by atoms with Gasteiger partial charge in [0.2, 0.25) is 0 Å². The van der Waals surface area contributed by atoms with Crippen molar-refractivity contribution in [3.63, 3.8) is 0 Å². The lowest BCUT2D eigenvalue weighted by Crippen LogP contribution is -2.33. The second kappa shape index (κ2) is 9.96. The number of amides is 1. The highest BCUT2D eigenvalue weighted by Gasteiger charge is 2.36. The Morgan fingerprint density at radius 1 is 0.972 bits per heavy atom. The highest BCUT2D eigenvalue weighted by atomic mass is 19.4. The van der Waals surface area contributed by atoms with E-state index in [1.165, 1.54) is 49.5 Å². The molecule has 0 radical (unpaired) electrons. The predicted octanol–water partition coefficient (Wildman–Crippen LogP) is 5.29. The van der Waals surface area contributed by atoms with E-state index in [1.807, 2.05) is 0 Å². The van der Waals surface area contributed by atoms with Crippen LogP contribution < -0.4 is 21.9 Å². The zero-order chi connectivity index (χ0) is 26.8. The molecular weight excluding hydrogens is 490 g/mol. The maximum atomic E-state index is 13.1.